The number of aromatic nitrogens is 1. The van der Waals surface area contributed by atoms with E-state index in [0.717, 1.165) is 39.1 Å². The fourth-order valence-corrected chi connectivity index (χ4v) is 5.87. The molecule has 2 aliphatic rings. The van der Waals surface area contributed by atoms with E-state index in [4.69, 9.17) is 14.5 Å². The Balaban J connectivity index is 1.32. The Morgan fingerprint density at radius 2 is 1.44 bits per heavy atom. The first kappa shape index (κ1) is 18.0. The van der Waals surface area contributed by atoms with Crippen molar-refractivity contribution >= 4 is 21.6 Å². The van der Waals surface area contributed by atoms with Gasteiger partial charge in [-0.1, -0.05) is 50.2 Å². The van der Waals surface area contributed by atoms with Gasteiger partial charge < -0.3 is 9.47 Å². The van der Waals surface area contributed by atoms with E-state index in [0.29, 0.717) is 0 Å². The highest BCUT2D eigenvalue weighted by atomic mass is 32.1. The molecule has 3 nitrogen and oxygen atoms in total. The van der Waals surface area contributed by atoms with Crippen LogP contribution in [-0.2, 0) is 5.41 Å². The molecule has 1 aromatic heterocycles. The Morgan fingerprint density at radius 3 is 2.34 bits per heavy atom. The van der Waals surface area contributed by atoms with Crippen LogP contribution in [0.4, 0.5) is 0 Å². The number of hydrogen-bond acceptors (Lipinski definition) is 4. The Kier molecular flexibility index (Phi) is 3.49. The first-order valence-corrected chi connectivity index (χ1v) is 11.5. The van der Waals surface area contributed by atoms with Crippen LogP contribution in [0.2, 0.25) is 0 Å². The SMILES string of the molecule is CC1(C)c2ccccc2-c2cc3c(cc21)Oc1ccc(-c2nc4ccccc4s2)cc1O3. The van der Waals surface area contributed by atoms with Gasteiger partial charge in [0.2, 0.25) is 0 Å². The molecule has 4 heteroatoms. The van der Waals surface area contributed by atoms with Gasteiger partial charge in [-0.25, -0.2) is 4.98 Å². The Labute approximate surface area is 189 Å². The number of rotatable bonds is 1. The lowest BCUT2D eigenvalue weighted by molar-refractivity contribution is 0.359. The zero-order valence-corrected chi connectivity index (χ0v) is 18.5. The third kappa shape index (κ3) is 2.44. The van der Waals surface area contributed by atoms with E-state index in [1.807, 2.05) is 30.3 Å². The number of nitrogens with zero attached hydrogens (tertiary/aromatic N) is 1. The normalized spacial score (nSPS) is 14.7. The highest BCUT2D eigenvalue weighted by molar-refractivity contribution is 7.21. The summed E-state index contributed by atoms with van der Waals surface area (Å²) < 4.78 is 13.9. The van der Waals surface area contributed by atoms with Crippen LogP contribution in [0.3, 0.4) is 0 Å². The van der Waals surface area contributed by atoms with Gasteiger partial charge in [-0.05, 0) is 64.7 Å². The maximum Gasteiger partial charge on any atom is 0.170 e. The molecule has 0 amide bonds. The molecule has 0 fully saturated rings. The molecule has 2 heterocycles. The van der Waals surface area contributed by atoms with Crippen LogP contribution in [0.15, 0.2) is 78.9 Å². The van der Waals surface area contributed by atoms with Crippen molar-refractivity contribution in [2.75, 3.05) is 0 Å². The molecular weight excluding hydrogens is 414 g/mol. The number of thiazole rings is 1. The second kappa shape index (κ2) is 6.21. The summed E-state index contributed by atoms with van der Waals surface area (Å²) in [6, 6.07) is 27.2. The molecular formula is C28H19NO2S. The largest absolute Gasteiger partial charge is 0.450 e. The Bertz CT molecular complexity index is 1530. The zero-order chi connectivity index (χ0) is 21.4. The van der Waals surface area contributed by atoms with Crippen molar-refractivity contribution in [2.24, 2.45) is 0 Å². The molecule has 0 spiro atoms. The second-order valence-corrected chi connectivity index (χ2v) is 9.90. The standard InChI is InChI=1S/C28H19NO2S/c1-28(2)19-8-4-3-7-17(19)18-14-24-25(15-20(18)28)30-22-12-11-16(13-23(22)31-24)27-29-21-9-5-6-10-26(21)32-27/h3-15H,1-2H3. The molecule has 0 atom stereocenters. The summed E-state index contributed by atoms with van der Waals surface area (Å²) in [7, 11) is 0. The molecule has 32 heavy (non-hydrogen) atoms. The fourth-order valence-electron chi connectivity index (χ4n) is 4.91. The predicted octanol–water partition coefficient (Wildman–Crippen LogP) is 8.17. The van der Waals surface area contributed by atoms with E-state index in [1.54, 1.807) is 11.3 Å². The molecule has 0 bridgehead atoms. The molecule has 0 saturated carbocycles. The molecule has 0 saturated heterocycles. The third-order valence-corrected chi connectivity index (χ3v) is 7.66. The van der Waals surface area contributed by atoms with Crippen molar-refractivity contribution < 1.29 is 9.47 Å². The summed E-state index contributed by atoms with van der Waals surface area (Å²) >= 11 is 1.69. The smallest absolute Gasteiger partial charge is 0.170 e. The predicted molar refractivity (Wildman–Crippen MR) is 129 cm³/mol. The maximum absolute atomic E-state index is 6.37. The molecule has 1 aliphatic heterocycles. The monoisotopic (exact) mass is 433 g/mol. The Hall–Kier alpha value is -3.63. The van der Waals surface area contributed by atoms with Crippen LogP contribution in [0.1, 0.15) is 25.0 Å². The van der Waals surface area contributed by atoms with Gasteiger partial charge in [0.25, 0.3) is 0 Å². The van der Waals surface area contributed by atoms with E-state index < -0.39 is 0 Å². The van der Waals surface area contributed by atoms with Gasteiger partial charge in [0.1, 0.15) is 5.01 Å². The maximum atomic E-state index is 6.37. The zero-order valence-electron chi connectivity index (χ0n) is 17.7. The lowest BCUT2D eigenvalue weighted by atomic mass is 9.82. The first-order chi connectivity index (χ1) is 15.6. The van der Waals surface area contributed by atoms with Crippen LogP contribution in [0, 0.1) is 0 Å². The Morgan fingerprint density at radius 1 is 0.688 bits per heavy atom. The van der Waals surface area contributed by atoms with Gasteiger partial charge in [0.05, 0.1) is 10.2 Å². The summed E-state index contributed by atoms with van der Waals surface area (Å²) in [5, 5.41) is 0.980. The summed E-state index contributed by atoms with van der Waals surface area (Å²) in [5.41, 5.74) is 7.09. The number of benzene rings is 4. The molecule has 1 aliphatic carbocycles. The molecule has 4 aromatic carbocycles. The molecule has 5 aromatic rings. The minimum absolute atomic E-state index is 0.0682. The molecule has 7 rings (SSSR count). The quantitative estimate of drug-likeness (QED) is 0.262. The van der Waals surface area contributed by atoms with Gasteiger partial charge in [0, 0.05) is 11.0 Å². The molecule has 0 unspecified atom stereocenters. The van der Waals surface area contributed by atoms with Crippen molar-refractivity contribution in [3.63, 3.8) is 0 Å². The topological polar surface area (TPSA) is 31.4 Å². The van der Waals surface area contributed by atoms with Gasteiger partial charge in [-0.3, -0.25) is 0 Å². The summed E-state index contributed by atoms with van der Waals surface area (Å²) in [6.45, 7) is 4.54. The first-order valence-electron chi connectivity index (χ1n) is 10.7. The third-order valence-electron chi connectivity index (χ3n) is 6.57. The van der Waals surface area contributed by atoms with E-state index >= 15 is 0 Å². The average molecular weight is 434 g/mol. The van der Waals surface area contributed by atoms with Gasteiger partial charge >= 0.3 is 0 Å². The van der Waals surface area contributed by atoms with Gasteiger partial charge in [0.15, 0.2) is 23.0 Å². The molecule has 0 N–H and O–H groups in total. The van der Waals surface area contributed by atoms with E-state index in [2.05, 4.69) is 62.4 Å². The number of ether oxygens (including phenoxy) is 2. The van der Waals surface area contributed by atoms with Crippen LogP contribution >= 0.6 is 11.3 Å². The minimum Gasteiger partial charge on any atom is -0.450 e. The minimum atomic E-state index is -0.0682. The van der Waals surface area contributed by atoms with Crippen LogP contribution in [-0.4, -0.2) is 4.98 Å². The van der Waals surface area contributed by atoms with Gasteiger partial charge in [-0.2, -0.15) is 0 Å². The van der Waals surface area contributed by atoms with Crippen LogP contribution in [0.25, 0.3) is 31.9 Å². The number of hydrogen-bond donors (Lipinski definition) is 0. The molecule has 0 radical (unpaired) electrons. The van der Waals surface area contributed by atoms with Crippen molar-refractivity contribution in [3.8, 4) is 44.7 Å². The highest BCUT2D eigenvalue weighted by Crippen LogP contribution is 2.55. The van der Waals surface area contributed by atoms with E-state index in [1.165, 1.54) is 27.0 Å². The highest BCUT2D eigenvalue weighted by Gasteiger charge is 2.37. The average Bonchev–Trinajstić information content (AvgIpc) is 3.34. The van der Waals surface area contributed by atoms with Crippen LogP contribution < -0.4 is 9.47 Å². The molecule has 154 valence electrons. The van der Waals surface area contributed by atoms with Gasteiger partial charge in [-0.15, -0.1) is 11.3 Å². The lowest BCUT2D eigenvalue weighted by Crippen LogP contribution is -2.15. The van der Waals surface area contributed by atoms with E-state index in [9.17, 15) is 0 Å². The van der Waals surface area contributed by atoms with Crippen molar-refractivity contribution in [2.45, 2.75) is 19.3 Å². The summed E-state index contributed by atoms with van der Waals surface area (Å²) in [5.74, 6) is 2.98. The van der Waals surface area contributed by atoms with Crippen molar-refractivity contribution in [1.29, 1.82) is 0 Å². The second-order valence-electron chi connectivity index (χ2n) is 8.87. The number of fused-ring (bicyclic) bond motifs is 6. The lowest BCUT2D eigenvalue weighted by Gasteiger charge is -2.25. The fraction of sp³-hybridized carbons (Fsp3) is 0.107. The van der Waals surface area contributed by atoms with Crippen LogP contribution in [0.5, 0.6) is 23.0 Å². The number of para-hydroxylation sites is 1. The van der Waals surface area contributed by atoms with E-state index in [-0.39, 0.29) is 5.41 Å². The van der Waals surface area contributed by atoms with Crippen molar-refractivity contribution in [3.05, 3.63) is 90.0 Å². The summed E-state index contributed by atoms with van der Waals surface area (Å²) in [4.78, 5) is 4.79. The van der Waals surface area contributed by atoms with Crippen molar-refractivity contribution in [1.82, 2.24) is 4.98 Å². The summed E-state index contributed by atoms with van der Waals surface area (Å²) in [6.07, 6.45) is 0.